The van der Waals surface area contributed by atoms with Crippen LogP contribution in [0.5, 0.6) is 0 Å². The molecule has 1 N–H and O–H groups in total. The van der Waals surface area contributed by atoms with Crippen molar-refractivity contribution in [3.63, 3.8) is 0 Å². The lowest BCUT2D eigenvalue weighted by Gasteiger charge is -2.27. The van der Waals surface area contributed by atoms with Gasteiger partial charge in [0.15, 0.2) is 5.78 Å². The first-order valence-electron chi connectivity index (χ1n) is 9.31. The Labute approximate surface area is 165 Å². The van der Waals surface area contributed by atoms with Crippen molar-refractivity contribution >= 4 is 28.8 Å². The topological polar surface area (TPSA) is 101 Å². The standard InChI is InChI=1S/C20H27N5O3/c1-13(2)10-24(11-14(3)4)20-18(25(27)28)19(21-12-22-20)23-17-8-6-7-16(9-17)15(5)26/h6-9,12-14H,10-11H2,1-5H3,(H,21,22,23). The SMILES string of the molecule is CC(=O)c1cccc(Nc2ncnc(N(CC(C)C)CC(C)C)c2[N+](=O)[O-])c1. The van der Waals surface area contributed by atoms with Crippen molar-refractivity contribution in [3.8, 4) is 0 Å². The Morgan fingerprint density at radius 1 is 1.18 bits per heavy atom. The molecule has 0 saturated heterocycles. The molecule has 0 atom stereocenters. The number of nitrogens with one attached hydrogen (secondary N) is 1. The highest BCUT2D eigenvalue weighted by Gasteiger charge is 2.28. The molecule has 1 aromatic carbocycles. The van der Waals surface area contributed by atoms with Gasteiger partial charge in [-0.05, 0) is 30.9 Å². The average molecular weight is 385 g/mol. The number of ketones is 1. The quantitative estimate of drug-likeness (QED) is 0.386. The number of hydrogen-bond acceptors (Lipinski definition) is 7. The molecule has 0 aliphatic carbocycles. The van der Waals surface area contributed by atoms with E-state index in [4.69, 9.17) is 0 Å². The molecule has 0 spiro atoms. The van der Waals surface area contributed by atoms with Gasteiger partial charge in [-0.25, -0.2) is 9.97 Å². The van der Waals surface area contributed by atoms with Crippen molar-refractivity contribution in [2.45, 2.75) is 34.6 Å². The zero-order valence-corrected chi connectivity index (χ0v) is 17.0. The molecule has 1 aromatic heterocycles. The molecule has 1 heterocycles. The van der Waals surface area contributed by atoms with Crippen LogP contribution < -0.4 is 10.2 Å². The molecule has 150 valence electrons. The zero-order chi connectivity index (χ0) is 20.8. The van der Waals surface area contributed by atoms with Crippen LogP contribution in [0.1, 0.15) is 45.0 Å². The largest absolute Gasteiger partial charge is 0.353 e. The summed E-state index contributed by atoms with van der Waals surface area (Å²) in [7, 11) is 0. The van der Waals surface area contributed by atoms with Crippen LogP contribution in [0.2, 0.25) is 0 Å². The van der Waals surface area contributed by atoms with Crippen molar-refractivity contribution in [2.75, 3.05) is 23.3 Å². The lowest BCUT2D eigenvalue weighted by molar-refractivity contribution is -0.383. The van der Waals surface area contributed by atoms with Gasteiger partial charge in [-0.15, -0.1) is 0 Å². The minimum atomic E-state index is -0.458. The normalized spacial score (nSPS) is 11.0. The fourth-order valence-electron chi connectivity index (χ4n) is 2.94. The highest BCUT2D eigenvalue weighted by Crippen LogP contribution is 2.34. The first-order valence-corrected chi connectivity index (χ1v) is 9.31. The second kappa shape index (κ2) is 9.25. The molecular formula is C20H27N5O3. The number of nitro groups is 1. The number of anilines is 3. The van der Waals surface area contributed by atoms with E-state index in [-0.39, 0.29) is 17.3 Å². The average Bonchev–Trinajstić information content (AvgIpc) is 2.60. The van der Waals surface area contributed by atoms with Crippen LogP contribution in [-0.2, 0) is 0 Å². The van der Waals surface area contributed by atoms with Crippen LogP contribution in [0, 0.1) is 22.0 Å². The van der Waals surface area contributed by atoms with E-state index in [0.29, 0.717) is 42.0 Å². The summed E-state index contributed by atoms with van der Waals surface area (Å²) in [6.45, 7) is 11.0. The summed E-state index contributed by atoms with van der Waals surface area (Å²) in [5.41, 5.74) is 0.903. The minimum Gasteiger partial charge on any atom is -0.350 e. The van der Waals surface area contributed by atoms with E-state index in [9.17, 15) is 14.9 Å². The molecule has 0 aliphatic heterocycles. The third-order valence-electron chi connectivity index (χ3n) is 3.99. The highest BCUT2D eigenvalue weighted by molar-refractivity contribution is 5.95. The number of carbonyl (C=O) groups is 1. The number of aromatic nitrogens is 2. The molecular weight excluding hydrogens is 358 g/mol. The highest BCUT2D eigenvalue weighted by atomic mass is 16.6. The Bertz CT molecular complexity index is 841. The predicted octanol–water partition coefficient (Wildman–Crippen LogP) is 4.45. The van der Waals surface area contributed by atoms with E-state index < -0.39 is 4.92 Å². The van der Waals surface area contributed by atoms with Gasteiger partial charge in [0.1, 0.15) is 6.33 Å². The van der Waals surface area contributed by atoms with E-state index >= 15 is 0 Å². The van der Waals surface area contributed by atoms with E-state index in [1.54, 1.807) is 24.3 Å². The molecule has 0 fully saturated rings. The number of rotatable bonds is 9. The van der Waals surface area contributed by atoms with Crippen molar-refractivity contribution in [1.29, 1.82) is 0 Å². The van der Waals surface area contributed by atoms with Crippen LogP contribution in [0.25, 0.3) is 0 Å². The lowest BCUT2D eigenvalue weighted by Crippen LogP contribution is -2.32. The summed E-state index contributed by atoms with van der Waals surface area (Å²) in [6.07, 6.45) is 1.33. The van der Waals surface area contributed by atoms with E-state index in [0.717, 1.165) is 0 Å². The van der Waals surface area contributed by atoms with Crippen molar-refractivity contribution < 1.29 is 9.72 Å². The number of hydrogen-bond donors (Lipinski definition) is 1. The van der Waals surface area contributed by atoms with Crippen molar-refractivity contribution in [3.05, 3.63) is 46.3 Å². The van der Waals surface area contributed by atoms with Gasteiger partial charge in [-0.2, -0.15) is 0 Å². The molecule has 0 amide bonds. The number of nitrogens with zero attached hydrogens (tertiary/aromatic N) is 4. The smallest absolute Gasteiger partial charge is 0.350 e. The molecule has 8 nitrogen and oxygen atoms in total. The van der Waals surface area contributed by atoms with Gasteiger partial charge >= 0.3 is 5.69 Å². The van der Waals surface area contributed by atoms with Crippen LogP contribution >= 0.6 is 0 Å². The maximum atomic E-state index is 11.9. The van der Waals surface area contributed by atoms with Crippen LogP contribution in [0.3, 0.4) is 0 Å². The molecule has 2 aromatic rings. The van der Waals surface area contributed by atoms with Crippen molar-refractivity contribution in [1.82, 2.24) is 9.97 Å². The van der Waals surface area contributed by atoms with Gasteiger partial charge < -0.3 is 10.2 Å². The Hall–Kier alpha value is -3.03. The molecule has 0 aliphatic rings. The summed E-state index contributed by atoms with van der Waals surface area (Å²) >= 11 is 0. The third kappa shape index (κ3) is 5.48. The zero-order valence-electron chi connectivity index (χ0n) is 17.0. The molecule has 8 heteroatoms. The Kier molecular flexibility index (Phi) is 7.03. The summed E-state index contributed by atoms with van der Waals surface area (Å²) in [5.74, 6) is 0.955. The molecule has 0 saturated carbocycles. The molecule has 2 rings (SSSR count). The fourth-order valence-corrected chi connectivity index (χ4v) is 2.94. The maximum absolute atomic E-state index is 11.9. The number of carbonyl (C=O) groups excluding carboxylic acids is 1. The van der Waals surface area contributed by atoms with Gasteiger partial charge in [-0.1, -0.05) is 39.8 Å². The first-order chi connectivity index (χ1) is 13.2. The predicted molar refractivity (Wildman–Crippen MR) is 110 cm³/mol. The van der Waals surface area contributed by atoms with Crippen molar-refractivity contribution in [2.24, 2.45) is 11.8 Å². The number of benzene rings is 1. The van der Waals surface area contributed by atoms with E-state index in [1.807, 2.05) is 4.90 Å². The number of Topliss-reactive ketones (excluding diaryl/α,β-unsaturated/α-hetero) is 1. The van der Waals surface area contributed by atoms with Crippen LogP contribution in [0.15, 0.2) is 30.6 Å². The first kappa shape index (κ1) is 21.3. The monoisotopic (exact) mass is 385 g/mol. The van der Waals surface area contributed by atoms with Crippen LogP contribution in [-0.4, -0.2) is 33.8 Å². The van der Waals surface area contributed by atoms with E-state index in [2.05, 4.69) is 43.0 Å². The Morgan fingerprint density at radius 2 is 1.82 bits per heavy atom. The molecule has 28 heavy (non-hydrogen) atoms. The van der Waals surface area contributed by atoms with Gasteiger partial charge in [0.05, 0.1) is 4.92 Å². The molecule has 0 bridgehead atoms. The molecule has 0 unspecified atom stereocenters. The lowest BCUT2D eigenvalue weighted by atomic mass is 10.1. The Balaban J connectivity index is 2.48. The molecule has 0 radical (unpaired) electrons. The summed E-state index contributed by atoms with van der Waals surface area (Å²) in [5, 5.41) is 14.9. The Morgan fingerprint density at radius 3 is 2.36 bits per heavy atom. The maximum Gasteiger partial charge on any atom is 0.353 e. The summed E-state index contributed by atoms with van der Waals surface area (Å²) < 4.78 is 0. The third-order valence-corrected chi connectivity index (χ3v) is 3.99. The second-order valence-corrected chi connectivity index (χ2v) is 7.61. The summed E-state index contributed by atoms with van der Waals surface area (Å²) in [6, 6.07) is 6.79. The second-order valence-electron chi connectivity index (χ2n) is 7.61. The van der Waals surface area contributed by atoms with E-state index in [1.165, 1.54) is 13.3 Å². The minimum absolute atomic E-state index is 0.0819. The summed E-state index contributed by atoms with van der Waals surface area (Å²) in [4.78, 5) is 33.3. The van der Waals surface area contributed by atoms with Crippen LogP contribution in [0.4, 0.5) is 23.0 Å². The van der Waals surface area contributed by atoms with Gasteiger partial charge in [0.2, 0.25) is 11.6 Å². The van der Waals surface area contributed by atoms with Gasteiger partial charge in [-0.3, -0.25) is 14.9 Å². The van der Waals surface area contributed by atoms with Gasteiger partial charge in [0.25, 0.3) is 0 Å². The van der Waals surface area contributed by atoms with Gasteiger partial charge in [0, 0.05) is 24.3 Å². The fraction of sp³-hybridized carbons (Fsp3) is 0.450.